The molecule has 0 atom stereocenters. The first kappa shape index (κ1) is 21.4. The van der Waals surface area contributed by atoms with E-state index in [9.17, 15) is 0 Å². The summed E-state index contributed by atoms with van der Waals surface area (Å²) in [5.41, 5.74) is 3.96. The smallest absolute Gasteiger partial charge is 0.186 e. The SMILES string of the molecule is COc1ccc(OC)c(CNc2ncnc3nn(Cc4ccc(Cn5cccn5)cc4)cc23)c1. The van der Waals surface area contributed by atoms with E-state index in [1.165, 1.54) is 11.9 Å². The molecule has 9 nitrogen and oxygen atoms in total. The van der Waals surface area contributed by atoms with E-state index in [1.807, 2.05) is 46.0 Å². The van der Waals surface area contributed by atoms with Crippen molar-refractivity contribution < 1.29 is 9.47 Å². The van der Waals surface area contributed by atoms with Crippen molar-refractivity contribution in [2.45, 2.75) is 19.6 Å². The van der Waals surface area contributed by atoms with Gasteiger partial charge in [0.05, 0.1) is 32.7 Å². The van der Waals surface area contributed by atoms with E-state index in [1.54, 1.807) is 20.4 Å². The monoisotopic (exact) mass is 455 g/mol. The molecule has 0 aliphatic rings. The Kier molecular flexibility index (Phi) is 6.07. The van der Waals surface area contributed by atoms with Crippen molar-refractivity contribution in [3.63, 3.8) is 0 Å². The van der Waals surface area contributed by atoms with Crippen LogP contribution in [-0.4, -0.2) is 43.7 Å². The Morgan fingerprint density at radius 2 is 1.71 bits per heavy atom. The molecule has 5 rings (SSSR count). The van der Waals surface area contributed by atoms with Gasteiger partial charge in [0.1, 0.15) is 23.6 Å². The molecule has 1 N–H and O–H groups in total. The van der Waals surface area contributed by atoms with Crippen LogP contribution >= 0.6 is 0 Å². The first-order valence-electron chi connectivity index (χ1n) is 10.9. The molecule has 3 aromatic heterocycles. The minimum atomic E-state index is 0.523. The summed E-state index contributed by atoms with van der Waals surface area (Å²) in [6.07, 6.45) is 7.24. The second-order valence-electron chi connectivity index (χ2n) is 7.84. The second-order valence-corrected chi connectivity index (χ2v) is 7.84. The van der Waals surface area contributed by atoms with Crippen LogP contribution in [0.1, 0.15) is 16.7 Å². The molecule has 0 unspecified atom stereocenters. The molecular formula is C25H25N7O2. The average molecular weight is 456 g/mol. The highest BCUT2D eigenvalue weighted by molar-refractivity contribution is 5.85. The summed E-state index contributed by atoms with van der Waals surface area (Å²) in [6, 6.07) is 16.1. The number of fused-ring (bicyclic) bond motifs is 1. The number of rotatable bonds is 9. The zero-order valence-electron chi connectivity index (χ0n) is 19.0. The van der Waals surface area contributed by atoms with Crippen molar-refractivity contribution >= 4 is 16.9 Å². The van der Waals surface area contributed by atoms with Crippen molar-refractivity contribution in [2.24, 2.45) is 0 Å². The Hall–Kier alpha value is -4.40. The van der Waals surface area contributed by atoms with E-state index in [-0.39, 0.29) is 0 Å². The number of aromatic nitrogens is 6. The molecule has 0 radical (unpaired) electrons. The van der Waals surface area contributed by atoms with Gasteiger partial charge in [-0.15, -0.1) is 0 Å². The van der Waals surface area contributed by atoms with Gasteiger partial charge in [-0.1, -0.05) is 24.3 Å². The Morgan fingerprint density at radius 3 is 2.41 bits per heavy atom. The van der Waals surface area contributed by atoms with Gasteiger partial charge < -0.3 is 14.8 Å². The molecule has 9 heteroatoms. The number of nitrogens with zero attached hydrogens (tertiary/aromatic N) is 6. The van der Waals surface area contributed by atoms with Crippen LogP contribution in [-0.2, 0) is 19.6 Å². The summed E-state index contributed by atoms with van der Waals surface area (Å²) in [5, 5.41) is 13.1. The number of nitrogens with one attached hydrogen (secondary N) is 1. The van der Waals surface area contributed by atoms with Crippen LogP contribution in [0.2, 0.25) is 0 Å². The van der Waals surface area contributed by atoms with Gasteiger partial charge >= 0.3 is 0 Å². The maximum Gasteiger partial charge on any atom is 0.186 e. The van der Waals surface area contributed by atoms with E-state index in [2.05, 4.69) is 49.7 Å². The minimum absolute atomic E-state index is 0.523. The van der Waals surface area contributed by atoms with Gasteiger partial charge in [-0.05, 0) is 35.4 Å². The van der Waals surface area contributed by atoms with Gasteiger partial charge in [-0.25, -0.2) is 9.97 Å². The normalized spacial score (nSPS) is 11.0. The standard InChI is InChI=1S/C25H25N7O2/c1-33-21-8-9-23(34-2)20(12-21)13-26-24-22-16-32(30-25(22)28-17-27-24)15-19-6-4-18(5-7-19)14-31-11-3-10-29-31/h3-12,16-17H,13-15H2,1-2H3,(H,26,27,28,30). The molecule has 0 spiro atoms. The summed E-state index contributed by atoms with van der Waals surface area (Å²) in [4.78, 5) is 8.77. The molecule has 2 aromatic carbocycles. The van der Waals surface area contributed by atoms with Crippen molar-refractivity contribution in [3.8, 4) is 11.5 Å². The minimum Gasteiger partial charge on any atom is -0.497 e. The summed E-state index contributed by atoms with van der Waals surface area (Å²) in [7, 11) is 3.30. The van der Waals surface area contributed by atoms with Crippen molar-refractivity contribution in [3.05, 3.63) is 90.1 Å². The fourth-order valence-corrected chi connectivity index (χ4v) is 3.82. The van der Waals surface area contributed by atoms with Gasteiger partial charge in [0, 0.05) is 30.7 Å². The van der Waals surface area contributed by atoms with E-state index in [0.717, 1.165) is 40.4 Å². The van der Waals surface area contributed by atoms with Crippen molar-refractivity contribution in [2.75, 3.05) is 19.5 Å². The zero-order valence-corrected chi connectivity index (χ0v) is 19.0. The molecule has 0 fully saturated rings. The number of anilines is 1. The lowest BCUT2D eigenvalue weighted by Crippen LogP contribution is -2.04. The highest BCUT2D eigenvalue weighted by Crippen LogP contribution is 2.26. The predicted octanol–water partition coefficient (Wildman–Crippen LogP) is 3.75. The van der Waals surface area contributed by atoms with E-state index in [4.69, 9.17) is 9.47 Å². The van der Waals surface area contributed by atoms with Crippen LogP contribution in [0.3, 0.4) is 0 Å². The van der Waals surface area contributed by atoms with Crippen LogP contribution in [0.4, 0.5) is 5.82 Å². The Morgan fingerprint density at radius 1 is 0.912 bits per heavy atom. The number of benzene rings is 2. The topological polar surface area (TPSA) is 91.9 Å². The lowest BCUT2D eigenvalue weighted by molar-refractivity contribution is 0.399. The summed E-state index contributed by atoms with van der Waals surface area (Å²) < 4.78 is 14.6. The molecular weight excluding hydrogens is 430 g/mol. The van der Waals surface area contributed by atoms with Crippen LogP contribution in [0.15, 0.2) is 73.4 Å². The van der Waals surface area contributed by atoms with Crippen molar-refractivity contribution in [1.29, 1.82) is 0 Å². The van der Waals surface area contributed by atoms with E-state index >= 15 is 0 Å². The van der Waals surface area contributed by atoms with E-state index in [0.29, 0.717) is 18.7 Å². The molecule has 0 bridgehead atoms. The number of ether oxygens (including phenoxy) is 2. The Labute approximate surface area is 197 Å². The summed E-state index contributed by atoms with van der Waals surface area (Å²) >= 11 is 0. The van der Waals surface area contributed by atoms with Crippen LogP contribution in [0, 0.1) is 0 Å². The molecule has 0 amide bonds. The lowest BCUT2D eigenvalue weighted by atomic mass is 10.1. The molecule has 0 aliphatic heterocycles. The van der Waals surface area contributed by atoms with Crippen molar-refractivity contribution in [1.82, 2.24) is 29.5 Å². The molecule has 0 saturated heterocycles. The highest BCUT2D eigenvalue weighted by atomic mass is 16.5. The summed E-state index contributed by atoms with van der Waals surface area (Å²) in [5.74, 6) is 2.27. The lowest BCUT2D eigenvalue weighted by Gasteiger charge is -2.12. The van der Waals surface area contributed by atoms with Gasteiger partial charge in [0.2, 0.25) is 0 Å². The first-order chi connectivity index (χ1) is 16.7. The fraction of sp³-hybridized carbons (Fsp3) is 0.200. The zero-order chi connectivity index (χ0) is 23.3. The third kappa shape index (κ3) is 4.68. The third-order valence-electron chi connectivity index (χ3n) is 5.57. The highest BCUT2D eigenvalue weighted by Gasteiger charge is 2.11. The predicted molar refractivity (Wildman–Crippen MR) is 129 cm³/mol. The van der Waals surface area contributed by atoms with Crippen LogP contribution in [0.25, 0.3) is 11.0 Å². The largest absolute Gasteiger partial charge is 0.497 e. The van der Waals surface area contributed by atoms with Crippen LogP contribution < -0.4 is 14.8 Å². The van der Waals surface area contributed by atoms with Gasteiger partial charge in [-0.2, -0.15) is 10.2 Å². The third-order valence-corrected chi connectivity index (χ3v) is 5.57. The van der Waals surface area contributed by atoms with Gasteiger partial charge in [-0.3, -0.25) is 9.36 Å². The molecule has 0 aliphatic carbocycles. The quantitative estimate of drug-likeness (QED) is 0.362. The Bertz CT molecular complexity index is 1380. The number of methoxy groups -OCH3 is 2. The molecule has 34 heavy (non-hydrogen) atoms. The second kappa shape index (κ2) is 9.62. The fourth-order valence-electron chi connectivity index (χ4n) is 3.82. The van der Waals surface area contributed by atoms with E-state index < -0.39 is 0 Å². The molecule has 5 aromatic rings. The maximum absolute atomic E-state index is 5.48. The van der Waals surface area contributed by atoms with Crippen LogP contribution in [0.5, 0.6) is 11.5 Å². The average Bonchev–Trinajstić information content (AvgIpc) is 3.53. The maximum atomic E-state index is 5.48. The first-order valence-corrected chi connectivity index (χ1v) is 10.9. The molecule has 3 heterocycles. The summed E-state index contributed by atoms with van der Waals surface area (Å²) in [6.45, 7) is 1.92. The Balaban J connectivity index is 1.31. The van der Waals surface area contributed by atoms with Gasteiger partial charge in [0.15, 0.2) is 5.65 Å². The molecule has 172 valence electrons. The van der Waals surface area contributed by atoms with Gasteiger partial charge in [0.25, 0.3) is 0 Å². The molecule has 0 saturated carbocycles. The number of hydrogen-bond acceptors (Lipinski definition) is 7. The number of hydrogen-bond donors (Lipinski definition) is 1.